The fourth-order valence-corrected chi connectivity index (χ4v) is 2.93. The number of thiocarbonyl (C=S) groups is 1. The summed E-state index contributed by atoms with van der Waals surface area (Å²) in [6.45, 7) is 1.36. The lowest BCUT2D eigenvalue weighted by atomic mass is 10.1. The Kier molecular flexibility index (Phi) is 6.40. The first-order valence-electron chi connectivity index (χ1n) is 7.21. The van der Waals surface area contributed by atoms with Crippen LogP contribution in [-0.4, -0.2) is 23.8 Å². The van der Waals surface area contributed by atoms with Crippen molar-refractivity contribution >= 4 is 46.3 Å². The smallest absolute Gasteiger partial charge is 0.259 e. The largest absolute Gasteiger partial charge is 0.497 e. The summed E-state index contributed by atoms with van der Waals surface area (Å²) in [6.07, 6.45) is 1.96. The van der Waals surface area contributed by atoms with E-state index >= 15 is 0 Å². The second-order valence-electron chi connectivity index (χ2n) is 5.08. The number of thiophene rings is 1. The highest BCUT2D eigenvalue weighted by Crippen LogP contribution is 2.14. The molecule has 1 amide bonds. The van der Waals surface area contributed by atoms with Crippen LogP contribution < -0.4 is 10.1 Å². The van der Waals surface area contributed by atoms with E-state index in [1.807, 2.05) is 41.1 Å². The lowest BCUT2D eigenvalue weighted by molar-refractivity contribution is -0.120. The van der Waals surface area contributed by atoms with Crippen molar-refractivity contribution in [1.82, 2.24) is 5.32 Å². The van der Waals surface area contributed by atoms with Crippen LogP contribution in [0.15, 0.2) is 46.7 Å². The second kappa shape index (κ2) is 8.52. The Labute approximate surface area is 150 Å². The molecule has 0 saturated heterocycles. The molecular formula is C18H17NO3S2. The highest BCUT2D eigenvalue weighted by molar-refractivity contribution is 7.80. The van der Waals surface area contributed by atoms with Crippen LogP contribution in [0, 0.1) is 0 Å². The molecule has 1 N–H and O–H groups in total. The molecule has 0 spiro atoms. The van der Waals surface area contributed by atoms with E-state index in [1.54, 1.807) is 13.2 Å². The molecule has 0 radical (unpaired) electrons. The van der Waals surface area contributed by atoms with Crippen molar-refractivity contribution in [2.75, 3.05) is 7.11 Å². The average Bonchev–Trinajstić information content (AvgIpc) is 3.05. The number of hydrogen-bond donors (Lipinski definition) is 1. The van der Waals surface area contributed by atoms with Crippen molar-refractivity contribution in [1.29, 1.82) is 0 Å². The molecule has 124 valence electrons. The van der Waals surface area contributed by atoms with Gasteiger partial charge in [0.05, 0.1) is 17.7 Å². The Morgan fingerprint density at radius 1 is 1.33 bits per heavy atom. The number of Topliss-reactive ketones (excluding diaryl/α,β-unsaturated/α-hetero) is 1. The van der Waals surface area contributed by atoms with Crippen LogP contribution in [0.25, 0.3) is 6.08 Å². The third-order valence-electron chi connectivity index (χ3n) is 3.23. The minimum atomic E-state index is -0.485. The van der Waals surface area contributed by atoms with Crippen LogP contribution in [-0.2, 0) is 16.0 Å². The number of methoxy groups -OCH3 is 1. The van der Waals surface area contributed by atoms with Crippen LogP contribution in [0.3, 0.4) is 0 Å². The first kappa shape index (κ1) is 18.0. The minimum absolute atomic E-state index is 0.0846. The van der Waals surface area contributed by atoms with Gasteiger partial charge in [-0.1, -0.05) is 24.4 Å². The van der Waals surface area contributed by atoms with Gasteiger partial charge in [-0.15, -0.1) is 0 Å². The molecule has 2 rings (SSSR count). The van der Waals surface area contributed by atoms with Crippen molar-refractivity contribution in [2.24, 2.45) is 0 Å². The van der Waals surface area contributed by atoms with Gasteiger partial charge in [0.1, 0.15) is 5.75 Å². The topological polar surface area (TPSA) is 55.4 Å². The van der Waals surface area contributed by atoms with Crippen molar-refractivity contribution < 1.29 is 14.3 Å². The summed E-state index contributed by atoms with van der Waals surface area (Å²) in [6, 6.07) is 9.29. The van der Waals surface area contributed by atoms with Crippen LogP contribution in [0.1, 0.15) is 18.1 Å². The molecule has 0 aliphatic heterocycles. The van der Waals surface area contributed by atoms with Crippen molar-refractivity contribution in [2.45, 2.75) is 13.3 Å². The van der Waals surface area contributed by atoms with Gasteiger partial charge in [-0.3, -0.25) is 9.59 Å². The molecule has 6 heteroatoms. The van der Waals surface area contributed by atoms with Gasteiger partial charge >= 0.3 is 0 Å². The first-order valence-corrected chi connectivity index (χ1v) is 8.56. The summed E-state index contributed by atoms with van der Waals surface area (Å²) < 4.78 is 5.16. The van der Waals surface area contributed by atoms with Gasteiger partial charge in [0, 0.05) is 6.42 Å². The Hall–Kier alpha value is -2.31. The third-order valence-corrected chi connectivity index (χ3v) is 4.18. The molecule has 1 aromatic carbocycles. The zero-order valence-corrected chi connectivity index (χ0v) is 15.0. The van der Waals surface area contributed by atoms with E-state index in [0.29, 0.717) is 11.4 Å². The number of benzene rings is 1. The summed E-state index contributed by atoms with van der Waals surface area (Å²) in [5.41, 5.74) is 1.83. The van der Waals surface area contributed by atoms with E-state index in [4.69, 9.17) is 17.0 Å². The number of nitrogens with one attached hydrogen (secondary N) is 1. The molecule has 0 unspecified atom stereocenters. The van der Waals surface area contributed by atoms with Gasteiger partial charge in [-0.25, -0.2) is 0 Å². The van der Waals surface area contributed by atoms with Gasteiger partial charge < -0.3 is 10.1 Å². The predicted octanol–water partition coefficient (Wildman–Crippen LogP) is 3.42. The summed E-state index contributed by atoms with van der Waals surface area (Å²) in [4.78, 5) is 24.4. The molecule has 2 aromatic rings. The Morgan fingerprint density at radius 2 is 2.12 bits per heavy atom. The maximum atomic E-state index is 12.3. The number of carbonyl (C=O) groups is 2. The highest BCUT2D eigenvalue weighted by atomic mass is 32.1. The van der Waals surface area contributed by atoms with Crippen LogP contribution in [0.4, 0.5) is 0 Å². The molecule has 1 heterocycles. The standard InChI is InChI=1S/C18H17NO3S2/c1-12(20)16(9-14-6-7-24-11-14)18(21)19-17(23)10-13-4-3-5-15(8-13)22-2/h3-9,11H,10H2,1-2H3,(H,19,21,23)/b16-9-. The quantitative estimate of drug-likeness (QED) is 0.372. The van der Waals surface area contributed by atoms with Crippen LogP contribution in [0.2, 0.25) is 0 Å². The maximum Gasteiger partial charge on any atom is 0.259 e. The highest BCUT2D eigenvalue weighted by Gasteiger charge is 2.16. The number of ketones is 1. The summed E-state index contributed by atoms with van der Waals surface area (Å²) in [5.74, 6) is -0.0621. The van der Waals surface area contributed by atoms with Gasteiger partial charge in [0.25, 0.3) is 5.91 Å². The molecule has 4 nitrogen and oxygen atoms in total. The van der Waals surface area contributed by atoms with Crippen molar-refractivity contribution in [3.8, 4) is 5.75 Å². The Bertz CT molecular complexity index is 779. The molecule has 0 bridgehead atoms. The van der Waals surface area contributed by atoms with Gasteiger partial charge in [0.2, 0.25) is 0 Å². The number of rotatable bonds is 6. The molecule has 0 saturated carbocycles. The average molecular weight is 359 g/mol. The van der Waals surface area contributed by atoms with Crippen LogP contribution >= 0.6 is 23.6 Å². The zero-order chi connectivity index (χ0) is 17.5. The van der Waals surface area contributed by atoms with E-state index in [9.17, 15) is 9.59 Å². The van der Waals surface area contributed by atoms with Gasteiger partial charge in [-0.05, 0) is 53.1 Å². The number of hydrogen-bond acceptors (Lipinski definition) is 5. The summed E-state index contributed by atoms with van der Waals surface area (Å²) >= 11 is 6.74. The maximum absolute atomic E-state index is 12.3. The number of carbonyl (C=O) groups excluding carboxylic acids is 2. The first-order chi connectivity index (χ1) is 11.5. The Morgan fingerprint density at radius 3 is 2.75 bits per heavy atom. The molecule has 0 atom stereocenters. The minimum Gasteiger partial charge on any atom is -0.497 e. The molecule has 24 heavy (non-hydrogen) atoms. The van der Waals surface area contributed by atoms with E-state index < -0.39 is 5.91 Å². The molecular weight excluding hydrogens is 342 g/mol. The van der Waals surface area contributed by atoms with E-state index in [-0.39, 0.29) is 11.4 Å². The van der Waals surface area contributed by atoms with Gasteiger partial charge in [0.15, 0.2) is 5.78 Å². The van der Waals surface area contributed by atoms with Crippen molar-refractivity contribution in [3.05, 3.63) is 57.8 Å². The molecule has 0 fully saturated rings. The number of amides is 1. The lowest BCUT2D eigenvalue weighted by Gasteiger charge is -2.09. The molecule has 0 aliphatic carbocycles. The van der Waals surface area contributed by atoms with Gasteiger partial charge in [-0.2, -0.15) is 11.3 Å². The van der Waals surface area contributed by atoms with E-state index in [2.05, 4.69) is 5.32 Å². The summed E-state index contributed by atoms with van der Waals surface area (Å²) in [7, 11) is 1.59. The van der Waals surface area contributed by atoms with Crippen molar-refractivity contribution in [3.63, 3.8) is 0 Å². The fourth-order valence-electron chi connectivity index (χ4n) is 2.06. The summed E-state index contributed by atoms with van der Waals surface area (Å²) in [5, 5.41) is 6.38. The van der Waals surface area contributed by atoms with Crippen LogP contribution in [0.5, 0.6) is 5.75 Å². The molecule has 1 aromatic heterocycles. The predicted molar refractivity (Wildman–Crippen MR) is 100 cm³/mol. The van der Waals surface area contributed by atoms with E-state index in [0.717, 1.165) is 16.9 Å². The molecule has 0 aliphatic rings. The Balaban J connectivity index is 2.06. The normalized spacial score (nSPS) is 11.0. The fraction of sp³-hybridized carbons (Fsp3) is 0.167. The SMILES string of the molecule is COc1cccc(CC(=S)NC(=O)/C(=C\c2ccsc2)C(C)=O)c1. The zero-order valence-electron chi connectivity index (χ0n) is 13.4. The van der Waals surface area contributed by atoms with E-state index in [1.165, 1.54) is 18.3 Å². The number of ether oxygens (including phenoxy) is 1. The third kappa shape index (κ3) is 5.11. The second-order valence-corrected chi connectivity index (χ2v) is 6.35. The lowest BCUT2D eigenvalue weighted by Crippen LogP contribution is -2.33. The monoisotopic (exact) mass is 359 g/mol.